The number of H-pyrrole nitrogens is 1. The highest BCUT2D eigenvalue weighted by atomic mass is 16.2. The summed E-state index contributed by atoms with van der Waals surface area (Å²) in [5, 5.41) is 1.06. The highest BCUT2D eigenvalue weighted by Gasteiger charge is 2.33. The van der Waals surface area contributed by atoms with Crippen LogP contribution in [0.3, 0.4) is 0 Å². The fourth-order valence-electron chi connectivity index (χ4n) is 4.31. The Morgan fingerprint density at radius 2 is 1.79 bits per heavy atom. The van der Waals surface area contributed by atoms with Crippen LogP contribution in [0, 0.1) is 6.92 Å². The molecule has 1 aliphatic rings. The van der Waals surface area contributed by atoms with Crippen molar-refractivity contribution in [2.45, 2.75) is 19.4 Å². The lowest BCUT2D eigenvalue weighted by Gasteiger charge is -2.38. The van der Waals surface area contributed by atoms with Crippen LogP contribution in [0.4, 0.5) is 0 Å². The number of carbonyl (C=O) groups is 1. The quantitative estimate of drug-likeness (QED) is 0.516. The average Bonchev–Trinajstić information content (AvgIpc) is 3.22. The molecule has 4 aromatic rings. The number of aromatic amines is 1. The van der Waals surface area contributed by atoms with Crippen LogP contribution >= 0.6 is 0 Å². The van der Waals surface area contributed by atoms with Crippen molar-refractivity contribution in [3.63, 3.8) is 0 Å². The Morgan fingerprint density at radius 3 is 2.64 bits per heavy atom. The first-order chi connectivity index (χ1) is 13.7. The molecule has 3 aromatic carbocycles. The predicted octanol–water partition coefficient (Wildman–Crippen LogP) is 5.26. The topological polar surface area (TPSA) is 36.1 Å². The van der Waals surface area contributed by atoms with Gasteiger partial charge < -0.3 is 9.88 Å². The number of carbonyl (C=O) groups excluding carboxylic acids is 1. The van der Waals surface area contributed by atoms with E-state index in [4.69, 9.17) is 0 Å². The average molecular weight is 366 g/mol. The molecule has 5 rings (SSSR count). The van der Waals surface area contributed by atoms with Crippen LogP contribution in [-0.2, 0) is 6.42 Å². The number of hydrogen-bond donors (Lipinski definition) is 1. The van der Waals surface area contributed by atoms with Gasteiger partial charge in [-0.25, -0.2) is 0 Å². The molecule has 3 nitrogen and oxygen atoms in total. The molecule has 0 saturated carbocycles. The zero-order valence-electron chi connectivity index (χ0n) is 15.9. The zero-order valence-corrected chi connectivity index (χ0v) is 15.9. The van der Waals surface area contributed by atoms with E-state index in [1.807, 2.05) is 35.4 Å². The first kappa shape index (κ1) is 16.8. The van der Waals surface area contributed by atoms with E-state index >= 15 is 0 Å². The van der Waals surface area contributed by atoms with Crippen LogP contribution in [0.15, 0.2) is 79.0 Å². The number of amides is 1. The third-order valence-corrected chi connectivity index (χ3v) is 5.76. The largest absolute Gasteiger partial charge is 0.361 e. The van der Waals surface area contributed by atoms with Crippen LogP contribution in [0.25, 0.3) is 10.9 Å². The molecule has 0 saturated heterocycles. The SMILES string of the molecule is Cc1ccc([C@@H]2c3ccccc3CCN2C(=O)c2cccc3cc[nH]c23)cc1. The Morgan fingerprint density at radius 1 is 0.964 bits per heavy atom. The van der Waals surface area contributed by atoms with Gasteiger partial charge in [-0.3, -0.25) is 4.79 Å². The van der Waals surface area contributed by atoms with Gasteiger partial charge in [0.2, 0.25) is 0 Å². The van der Waals surface area contributed by atoms with Crippen molar-refractivity contribution in [3.8, 4) is 0 Å². The van der Waals surface area contributed by atoms with E-state index in [0.29, 0.717) is 6.54 Å². The molecular formula is C25H22N2O. The molecule has 0 radical (unpaired) electrons. The molecule has 138 valence electrons. The van der Waals surface area contributed by atoms with E-state index in [2.05, 4.69) is 60.4 Å². The van der Waals surface area contributed by atoms with E-state index in [0.717, 1.165) is 28.5 Å². The molecule has 1 aromatic heterocycles. The fraction of sp³-hybridized carbons (Fsp3) is 0.160. The van der Waals surface area contributed by atoms with Gasteiger partial charge in [-0.05, 0) is 42.2 Å². The highest BCUT2D eigenvalue weighted by Crippen LogP contribution is 2.36. The van der Waals surface area contributed by atoms with E-state index in [1.165, 1.54) is 16.7 Å². The number of aromatic nitrogens is 1. The number of nitrogens with zero attached hydrogens (tertiary/aromatic N) is 1. The summed E-state index contributed by atoms with van der Waals surface area (Å²) in [6.45, 7) is 2.80. The minimum Gasteiger partial charge on any atom is -0.361 e. The summed E-state index contributed by atoms with van der Waals surface area (Å²) in [5.41, 5.74) is 6.58. The molecule has 3 heteroatoms. The Kier molecular flexibility index (Phi) is 4.01. The minimum atomic E-state index is -0.0664. The van der Waals surface area contributed by atoms with Crippen LogP contribution in [0.5, 0.6) is 0 Å². The first-order valence-electron chi connectivity index (χ1n) is 9.74. The monoisotopic (exact) mass is 366 g/mol. The molecule has 28 heavy (non-hydrogen) atoms. The maximum absolute atomic E-state index is 13.7. The summed E-state index contributed by atoms with van der Waals surface area (Å²) in [6.07, 6.45) is 2.77. The van der Waals surface area contributed by atoms with E-state index in [-0.39, 0.29) is 11.9 Å². The maximum atomic E-state index is 13.7. The summed E-state index contributed by atoms with van der Waals surface area (Å²) >= 11 is 0. The summed E-state index contributed by atoms with van der Waals surface area (Å²) in [6, 6.07) is 24.9. The Balaban J connectivity index is 1.64. The summed E-state index contributed by atoms with van der Waals surface area (Å²) in [7, 11) is 0. The number of rotatable bonds is 2. The Bertz CT molecular complexity index is 1160. The molecule has 2 heterocycles. The lowest BCUT2D eigenvalue weighted by atomic mass is 9.87. The van der Waals surface area contributed by atoms with E-state index < -0.39 is 0 Å². The normalized spacial score (nSPS) is 16.2. The molecule has 0 spiro atoms. The van der Waals surface area contributed by atoms with E-state index in [1.54, 1.807) is 0 Å². The lowest BCUT2D eigenvalue weighted by Crippen LogP contribution is -2.40. The van der Waals surface area contributed by atoms with Crippen molar-refractivity contribution < 1.29 is 4.79 Å². The van der Waals surface area contributed by atoms with Crippen LogP contribution in [0.1, 0.15) is 38.7 Å². The van der Waals surface area contributed by atoms with Crippen molar-refractivity contribution in [1.82, 2.24) is 9.88 Å². The summed E-state index contributed by atoms with van der Waals surface area (Å²) in [4.78, 5) is 19.0. The van der Waals surface area contributed by atoms with Crippen molar-refractivity contribution in [2.75, 3.05) is 6.54 Å². The molecule has 0 unspecified atom stereocenters. The number of fused-ring (bicyclic) bond motifs is 2. The van der Waals surface area contributed by atoms with Crippen molar-refractivity contribution in [2.24, 2.45) is 0 Å². The number of benzene rings is 3. The van der Waals surface area contributed by atoms with Crippen molar-refractivity contribution >= 4 is 16.8 Å². The van der Waals surface area contributed by atoms with Crippen molar-refractivity contribution in [1.29, 1.82) is 0 Å². The van der Waals surface area contributed by atoms with Gasteiger partial charge in [-0.2, -0.15) is 0 Å². The molecule has 0 bridgehead atoms. The number of aryl methyl sites for hydroxylation is 1. The summed E-state index contributed by atoms with van der Waals surface area (Å²) in [5.74, 6) is 0.0770. The third-order valence-electron chi connectivity index (χ3n) is 5.76. The number of para-hydroxylation sites is 1. The molecule has 0 fully saturated rings. The van der Waals surface area contributed by atoms with Gasteiger partial charge in [-0.15, -0.1) is 0 Å². The Hall–Kier alpha value is -3.33. The van der Waals surface area contributed by atoms with Gasteiger partial charge in [0.25, 0.3) is 5.91 Å². The molecule has 0 aliphatic carbocycles. The van der Waals surface area contributed by atoms with Crippen LogP contribution in [0.2, 0.25) is 0 Å². The van der Waals surface area contributed by atoms with Gasteiger partial charge in [0.05, 0.1) is 17.1 Å². The van der Waals surface area contributed by atoms with Gasteiger partial charge in [0.1, 0.15) is 0 Å². The molecular weight excluding hydrogens is 344 g/mol. The van der Waals surface area contributed by atoms with Gasteiger partial charge in [0, 0.05) is 18.1 Å². The standard InChI is InChI=1S/C25H22N2O/c1-17-9-11-20(12-10-17)24-21-7-3-2-5-18(21)14-16-27(24)25(28)22-8-4-6-19-13-15-26-23(19)22/h2-13,15,24,26H,14,16H2,1H3/t24-/m1/s1. The predicted molar refractivity (Wildman–Crippen MR) is 113 cm³/mol. The second kappa shape index (κ2) is 6.68. The van der Waals surface area contributed by atoms with Crippen LogP contribution in [-0.4, -0.2) is 22.3 Å². The smallest absolute Gasteiger partial charge is 0.256 e. The third kappa shape index (κ3) is 2.71. The van der Waals surface area contributed by atoms with Crippen LogP contribution < -0.4 is 0 Å². The Labute approximate surface area is 164 Å². The zero-order chi connectivity index (χ0) is 19.1. The minimum absolute atomic E-state index is 0.0664. The second-order valence-electron chi connectivity index (χ2n) is 7.51. The van der Waals surface area contributed by atoms with E-state index in [9.17, 15) is 4.79 Å². The number of nitrogens with one attached hydrogen (secondary N) is 1. The first-order valence-corrected chi connectivity index (χ1v) is 9.74. The highest BCUT2D eigenvalue weighted by molar-refractivity contribution is 6.06. The molecule has 1 amide bonds. The maximum Gasteiger partial charge on any atom is 0.256 e. The lowest BCUT2D eigenvalue weighted by molar-refractivity contribution is 0.0696. The molecule has 1 atom stereocenters. The number of hydrogen-bond acceptors (Lipinski definition) is 1. The van der Waals surface area contributed by atoms with Gasteiger partial charge in [0.15, 0.2) is 0 Å². The van der Waals surface area contributed by atoms with Gasteiger partial charge in [-0.1, -0.05) is 66.2 Å². The molecule has 1 aliphatic heterocycles. The van der Waals surface area contributed by atoms with Gasteiger partial charge >= 0.3 is 0 Å². The summed E-state index contributed by atoms with van der Waals surface area (Å²) < 4.78 is 0. The second-order valence-corrected chi connectivity index (χ2v) is 7.51. The molecule has 1 N–H and O–H groups in total. The fourth-order valence-corrected chi connectivity index (χ4v) is 4.31. The van der Waals surface area contributed by atoms with Crippen molar-refractivity contribution in [3.05, 3.63) is 107 Å².